The number of rotatable bonds is 5. The lowest BCUT2D eigenvalue weighted by Crippen LogP contribution is -2.49. The van der Waals surface area contributed by atoms with Gasteiger partial charge in [-0.25, -0.2) is 9.79 Å². The molecule has 0 aliphatic carbocycles. The van der Waals surface area contributed by atoms with Crippen molar-refractivity contribution in [1.82, 2.24) is 15.5 Å². The molecule has 1 aliphatic rings. The summed E-state index contributed by atoms with van der Waals surface area (Å²) in [6.07, 6.45) is 1.57. The number of piperidine rings is 1. The van der Waals surface area contributed by atoms with E-state index in [-0.39, 0.29) is 6.09 Å². The van der Waals surface area contributed by atoms with Crippen molar-refractivity contribution >= 4 is 28.0 Å². The molecule has 0 aromatic heterocycles. The van der Waals surface area contributed by atoms with Gasteiger partial charge in [-0.15, -0.1) is 0 Å². The summed E-state index contributed by atoms with van der Waals surface area (Å²) in [5.74, 6) is 0.824. The number of nitrogens with one attached hydrogen (secondary N) is 2. The highest BCUT2D eigenvalue weighted by molar-refractivity contribution is 9.10. The first-order valence-corrected chi connectivity index (χ1v) is 10.0. The van der Waals surface area contributed by atoms with E-state index in [2.05, 4.69) is 52.5 Å². The Hall–Kier alpha value is -1.76. The minimum Gasteiger partial charge on any atom is -0.450 e. The molecule has 0 unspecified atom stereocenters. The molecule has 0 bridgehead atoms. The number of hydrogen-bond donors (Lipinski definition) is 2. The number of aryl methyl sites for hydroxylation is 1. The second-order valence-corrected chi connectivity index (χ2v) is 7.29. The Kier molecular flexibility index (Phi) is 8.22. The van der Waals surface area contributed by atoms with Gasteiger partial charge in [-0.05, 0) is 56.9 Å². The van der Waals surface area contributed by atoms with Crippen LogP contribution in [0, 0.1) is 6.92 Å². The number of halogens is 1. The van der Waals surface area contributed by atoms with Gasteiger partial charge < -0.3 is 20.3 Å². The molecular formula is C19H29BrN4O2. The minimum atomic E-state index is -0.211. The SMILES string of the molecule is CCNC(=NCc1ccc(Br)cc1C)NC1CCN(C(=O)OCC)CC1. The van der Waals surface area contributed by atoms with Crippen LogP contribution in [-0.4, -0.2) is 49.2 Å². The van der Waals surface area contributed by atoms with Gasteiger partial charge in [0.1, 0.15) is 0 Å². The molecule has 6 nitrogen and oxygen atoms in total. The third-order valence-electron chi connectivity index (χ3n) is 4.42. The lowest BCUT2D eigenvalue weighted by molar-refractivity contribution is 0.0963. The summed E-state index contributed by atoms with van der Waals surface area (Å²) in [4.78, 5) is 18.3. The maximum absolute atomic E-state index is 11.8. The molecule has 7 heteroatoms. The zero-order valence-electron chi connectivity index (χ0n) is 15.8. The number of amides is 1. The van der Waals surface area contributed by atoms with E-state index in [1.807, 2.05) is 13.0 Å². The predicted molar refractivity (Wildman–Crippen MR) is 108 cm³/mol. The number of aliphatic imine (C=N–C) groups is 1. The van der Waals surface area contributed by atoms with Crippen molar-refractivity contribution in [2.24, 2.45) is 4.99 Å². The number of likely N-dealkylation sites (tertiary alicyclic amines) is 1. The Bertz CT molecular complexity index is 628. The third-order valence-corrected chi connectivity index (χ3v) is 4.91. The summed E-state index contributed by atoms with van der Waals surface area (Å²) < 4.78 is 6.15. The van der Waals surface area contributed by atoms with E-state index in [1.54, 1.807) is 4.90 Å². The van der Waals surface area contributed by atoms with Crippen LogP contribution in [0.15, 0.2) is 27.7 Å². The Morgan fingerprint density at radius 1 is 1.35 bits per heavy atom. The van der Waals surface area contributed by atoms with E-state index < -0.39 is 0 Å². The highest BCUT2D eigenvalue weighted by Crippen LogP contribution is 2.16. The molecular weight excluding hydrogens is 396 g/mol. The van der Waals surface area contributed by atoms with E-state index in [0.29, 0.717) is 32.3 Å². The van der Waals surface area contributed by atoms with Crippen LogP contribution in [0.25, 0.3) is 0 Å². The van der Waals surface area contributed by atoms with Crippen LogP contribution in [0.2, 0.25) is 0 Å². The maximum Gasteiger partial charge on any atom is 0.409 e. The molecule has 1 aliphatic heterocycles. The summed E-state index contributed by atoms with van der Waals surface area (Å²) >= 11 is 3.49. The van der Waals surface area contributed by atoms with E-state index in [0.717, 1.165) is 29.8 Å². The lowest BCUT2D eigenvalue weighted by atomic mass is 10.1. The molecule has 144 valence electrons. The first-order chi connectivity index (χ1) is 12.5. The number of carbonyl (C=O) groups excluding carboxylic acids is 1. The molecule has 1 saturated heterocycles. The van der Waals surface area contributed by atoms with Crippen molar-refractivity contribution < 1.29 is 9.53 Å². The normalized spacial score (nSPS) is 15.7. The summed E-state index contributed by atoms with van der Waals surface area (Å²) in [7, 11) is 0. The molecule has 1 heterocycles. The van der Waals surface area contributed by atoms with Gasteiger partial charge in [-0.3, -0.25) is 0 Å². The number of ether oxygens (including phenoxy) is 1. The lowest BCUT2D eigenvalue weighted by Gasteiger charge is -2.32. The highest BCUT2D eigenvalue weighted by atomic mass is 79.9. The average Bonchev–Trinajstić information content (AvgIpc) is 2.62. The summed E-state index contributed by atoms with van der Waals surface area (Å²) in [6.45, 7) is 9.28. The number of benzene rings is 1. The van der Waals surface area contributed by atoms with Crippen LogP contribution in [0.4, 0.5) is 4.79 Å². The standard InChI is InChI=1S/C19H29BrN4O2/c1-4-21-18(22-13-15-6-7-16(20)12-14(15)3)23-17-8-10-24(11-9-17)19(25)26-5-2/h6-7,12,17H,4-5,8-11,13H2,1-3H3,(H2,21,22,23). The second kappa shape index (κ2) is 10.4. The van der Waals surface area contributed by atoms with E-state index >= 15 is 0 Å². The van der Waals surface area contributed by atoms with Crippen molar-refractivity contribution in [3.8, 4) is 0 Å². The van der Waals surface area contributed by atoms with E-state index in [1.165, 1.54) is 11.1 Å². The van der Waals surface area contributed by atoms with Crippen LogP contribution >= 0.6 is 15.9 Å². The quantitative estimate of drug-likeness (QED) is 0.561. The number of carbonyl (C=O) groups is 1. The fourth-order valence-corrected chi connectivity index (χ4v) is 3.41. The van der Waals surface area contributed by atoms with Crippen molar-refractivity contribution in [2.75, 3.05) is 26.2 Å². The van der Waals surface area contributed by atoms with Gasteiger partial charge in [0.25, 0.3) is 0 Å². The van der Waals surface area contributed by atoms with Crippen molar-refractivity contribution in [1.29, 1.82) is 0 Å². The molecule has 0 atom stereocenters. The smallest absolute Gasteiger partial charge is 0.409 e. The average molecular weight is 425 g/mol. The summed E-state index contributed by atoms with van der Waals surface area (Å²) in [5.41, 5.74) is 2.43. The molecule has 0 saturated carbocycles. The topological polar surface area (TPSA) is 66.0 Å². The van der Waals surface area contributed by atoms with Gasteiger partial charge >= 0.3 is 6.09 Å². The van der Waals surface area contributed by atoms with Gasteiger partial charge in [0.15, 0.2) is 5.96 Å². The van der Waals surface area contributed by atoms with Crippen LogP contribution in [0.3, 0.4) is 0 Å². The molecule has 1 fully saturated rings. The molecule has 2 rings (SSSR count). The van der Waals surface area contributed by atoms with Gasteiger partial charge in [0.2, 0.25) is 0 Å². The Balaban J connectivity index is 1.90. The van der Waals surface area contributed by atoms with Crippen LogP contribution < -0.4 is 10.6 Å². The van der Waals surface area contributed by atoms with Gasteiger partial charge in [0, 0.05) is 30.1 Å². The fourth-order valence-electron chi connectivity index (χ4n) is 2.94. The van der Waals surface area contributed by atoms with Gasteiger partial charge in [0.05, 0.1) is 13.2 Å². The van der Waals surface area contributed by atoms with E-state index in [4.69, 9.17) is 9.73 Å². The number of guanidine groups is 1. The fraction of sp³-hybridized carbons (Fsp3) is 0.579. The maximum atomic E-state index is 11.8. The molecule has 1 aromatic carbocycles. The number of hydrogen-bond acceptors (Lipinski definition) is 3. The molecule has 26 heavy (non-hydrogen) atoms. The number of nitrogens with zero attached hydrogens (tertiary/aromatic N) is 2. The zero-order valence-corrected chi connectivity index (χ0v) is 17.4. The third kappa shape index (κ3) is 6.20. The summed E-state index contributed by atoms with van der Waals surface area (Å²) in [5, 5.41) is 6.81. The molecule has 2 N–H and O–H groups in total. The molecule has 1 amide bonds. The molecule has 0 radical (unpaired) electrons. The van der Waals surface area contributed by atoms with Crippen molar-refractivity contribution in [3.05, 3.63) is 33.8 Å². The molecule has 0 spiro atoms. The Labute approximate surface area is 164 Å². The first-order valence-electron chi connectivity index (χ1n) is 9.25. The largest absolute Gasteiger partial charge is 0.450 e. The van der Waals surface area contributed by atoms with Crippen LogP contribution in [0.5, 0.6) is 0 Å². The Morgan fingerprint density at radius 2 is 2.08 bits per heavy atom. The van der Waals surface area contributed by atoms with Crippen molar-refractivity contribution in [3.63, 3.8) is 0 Å². The van der Waals surface area contributed by atoms with Gasteiger partial charge in [-0.2, -0.15) is 0 Å². The Morgan fingerprint density at radius 3 is 2.69 bits per heavy atom. The van der Waals surface area contributed by atoms with Crippen LogP contribution in [-0.2, 0) is 11.3 Å². The molecule has 1 aromatic rings. The zero-order chi connectivity index (χ0) is 18.9. The summed E-state index contributed by atoms with van der Waals surface area (Å²) in [6, 6.07) is 6.56. The minimum absolute atomic E-state index is 0.211. The predicted octanol–water partition coefficient (Wildman–Crippen LogP) is 3.43. The monoisotopic (exact) mass is 424 g/mol. The van der Waals surface area contributed by atoms with Crippen LogP contribution in [0.1, 0.15) is 37.8 Å². The highest BCUT2D eigenvalue weighted by Gasteiger charge is 2.24. The first kappa shape index (κ1) is 20.6. The van der Waals surface area contributed by atoms with E-state index in [9.17, 15) is 4.79 Å². The second-order valence-electron chi connectivity index (χ2n) is 6.37. The van der Waals surface area contributed by atoms with Crippen molar-refractivity contribution in [2.45, 2.75) is 46.2 Å². The van der Waals surface area contributed by atoms with Gasteiger partial charge in [-0.1, -0.05) is 22.0 Å².